The van der Waals surface area contributed by atoms with E-state index in [2.05, 4.69) is 53.5 Å². The predicted molar refractivity (Wildman–Crippen MR) is 86.9 cm³/mol. The lowest BCUT2D eigenvalue weighted by atomic mass is 10.00. The largest absolute Gasteiger partial charge is 0.308 e. The molecule has 0 bridgehead atoms. The third kappa shape index (κ3) is 3.44. The molecule has 0 spiro atoms. The molecule has 0 saturated carbocycles. The van der Waals surface area contributed by atoms with Crippen molar-refractivity contribution in [3.8, 4) is 0 Å². The normalized spacial score (nSPS) is 23.4. The zero-order valence-electron chi connectivity index (χ0n) is 13.8. The Hall–Kier alpha value is -1.40. The summed E-state index contributed by atoms with van der Waals surface area (Å²) in [5.41, 5.74) is 7.14. The summed E-state index contributed by atoms with van der Waals surface area (Å²) in [6.07, 6.45) is 3.71. The highest BCUT2D eigenvalue weighted by Gasteiger charge is 2.26. The van der Waals surface area contributed by atoms with Crippen LogP contribution in [0.2, 0.25) is 0 Å². The fraction of sp³-hybridized carbons (Fsp3) is 0.733. The summed E-state index contributed by atoms with van der Waals surface area (Å²) in [6, 6.07) is 1.000. The van der Waals surface area contributed by atoms with E-state index in [1.54, 1.807) is 0 Å². The predicted octanol–water partition coefficient (Wildman–Crippen LogP) is 2.78. The second-order valence-corrected chi connectivity index (χ2v) is 6.35. The molecule has 1 aliphatic heterocycles. The fourth-order valence-electron chi connectivity index (χ4n) is 2.81. The third-order valence-electron chi connectivity index (χ3n) is 4.24. The van der Waals surface area contributed by atoms with Gasteiger partial charge in [-0.05, 0) is 33.6 Å². The molecule has 1 aromatic heterocycles. The van der Waals surface area contributed by atoms with Gasteiger partial charge in [0, 0.05) is 23.6 Å². The maximum absolute atomic E-state index is 5.59. The zero-order chi connectivity index (χ0) is 15.6. The fourth-order valence-corrected chi connectivity index (χ4v) is 2.81. The number of aromatic nitrogens is 2. The van der Waals surface area contributed by atoms with Crippen molar-refractivity contribution in [2.75, 3.05) is 10.9 Å². The number of nitrogen functional groups attached to an aromatic ring is 1. The molecule has 2 atom stereocenters. The molecular formula is C15H28N6. The first-order valence-electron chi connectivity index (χ1n) is 7.84. The Morgan fingerprint density at radius 2 is 1.71 bits per heavy atom. The molecule has 0 aliphatic carbocycles. The number of nitrogens with two attached hydrogens (primary N) is 1. The molecule has 6 heteroatoms. The highest BCUT2D eigenvalue weighted by Crippen LogP contribution is 2.27. The molecule has 0 amide bonds. The minimum Gasteiger partial charge on any atom is -0.308 e. The Bertz CT molecular complexity index is 477. The number of piperidine rings is 1. The van der Waals surface area contributed by atoms with Gasteiger partial charge < -0.3 is 10.9 Å². The van der Waals surface area contributed by atoms with Gasteiger partial charge in [0.05, 0.1) is 0 Å². The lowest BCUT2D eigenvalue weighted by molar-refractivity contribution is 0.135. The topological polar surface area (TPSA) is 79.1 Å². The summed E-state index contributed by atoms with van der Waals surface area (Å²) < 4.78 is 0. The van der Waals surface area contributed by atoms with Crippen LogP contribution < -0.4 is 16.7 Å². The molecule has 1 saturated heterocycles. The Labute approximate surface area is 127 Å². The number of hydrogen-bond acceptors (Lipinski definition) is 6. The molecular weight excluding hydrogens is 264 g/mol. The van der Waals surface area contributed by atoms with Gasteiger partial charge in [0.15, 0.2) is 0 Å². The van der Waals surface area contributed by atoms with Crippen LogP contribution in [0.5, 0.6) is 0 Å². The highest BCUT2D eigenvalue weighted by molar-refractivity contribution is 5.56. The van der Waals surface area contributed by atoms with Crippen molar-refractivity contribution in [1.29, 1.82) is 0 Å². The average Bonchev–Trinajstić information content (AvgIpc) is 2.44. The van der Waals surface area contributed by atoms with Crippen molar-refractivity contribution in [2.24, 2.45) is 5.84 Å². The van der Waals surface area contributed by atoms with Gasteiger partial charge in [-0.2, -0.15) is 0 Å². The smallest absolute Gasteiger partial charge is 0.149 e. The Balaban J connectivity index is 2.31. The van der Waals surface area contributed by atoms with Gasteiger partial charge in [-0.1, -0.05) is 20.3 Å². The summed E-state index contributed by atoms with van der Waals surface area (Å²) in [5.74, 6) is 8.19. The van der Waals surface area contributed by atoms with Gasteiger partial charge in [0.25, 0.3) is 0 Å². The van der Waals surface area contributed by atoms with E-state index < -0.39 is 0 Å². The number of anilines is 2. The molecule has 1 aromatic rings. The maximum atomic E-state index is 5.59. The standard InChI is InChI=1S/C15H28N6/c1-9(2)13-17-14(19-16)12(5)15(18-13)20-21-10(3)7-6-8-11(21)4/h9-11H,6-8,16H2,1-5H3,(H2,17,18,19,20). The molecule has 1 aliphatic rings. The molecule has 0 aromatic carbocycles. The summed E-state index contributed by atoms with van der Waals surface area (Å²) in [7, 11) is 0. The maximum Gasteiger partial charge on any atom is 0.149 e. The molecule has 118 valence electrons. The van der Waals surface area contributed by atoms with E-state index in [-0.39, 0.29) is 5.92 Å². The van der Waals surface area contributed by atoms with Gasteiger partial charge in [0.2, 0.25) is 0 Å². The molecule has 1 fully saturated rings. The summed E-state index contributed by atoms with van der Waals surface area (Å²) in [5, 5.41) is 2.31. The lowest BCUT2D eigenvalue weighted by Crippen LogP contribution is -2.47. The van der Waals surface area contributed by atoms with Crippen LogP contribution in [0.3, 0.4) is 0 Å². The number of hydrazine groups is 2. The van der Waals surface area contributed by atoms with Gasteiger partial charge in [-0.3, -0.25) is 0 Å². The van der Waals surface area contributed by atoms with Crippen LogP contribution in [0, 0.1) is 6.92 Å². The number of rotatable bonds is 4. The summed E-state index contributed by atoms with van der Waals surface area (Å²) >= 11 is 0. The molecule has 6 nitrogen and oxygen atoms in total. The van der Waals surface area contributed by atoms with E-state index in [9.17, 15) is 0 Å². The number of hydrogen-bond donors (Lipinski definition) is 3. The Kier molecular flexibility index (Phi) is 5.00. The van der Waals surface area contributed by atoms with Crippen molar-refractivity contribution < 1.29 is 0 Å². The number of nitrogens with zero attached hydrogens (tertiary/aromatic N) is 3. The van der Waals surface area contributed by atoms with Crippen molar-refractivity contribution in [1.82, 2.24) is 15.0 Å². The van der Waals surface area contributed by atoms with Crippen LogP contribution in [0.15, 0.2) is 0 Å². The van der Waals surface area contributed by atoms with Crippen LogP contribution in [0.25, 0.3) is 0 Å². The summed E-state index contributed by atoms with van der Waals surface area (Å²) in [4.78, 5) is 9.16. The molecule has 2 heterocycles. The van der Waals surface area contributed by atoms with Gasteiger partial charge in [0.1, 0.15) is 17.5 Å². The molecule has 2 unspecified atom stereocenters. The van der Waals surface area contributed by atoms with Crippen LogP contribution in [0.4, 0.5) is 11.6 Å². The quantitative estimate of drug-likeness (QED) is 0.585. The van der Waals surface area contributed by atoms with Crippen LogP contribution >= 0.6 is 0 Å². The molecule has 21 heavy (non-hydrogen) atoms. The van der Waals surface area contributed by atoms with Gasteiger partial charge in [-0.25, -0.2) is 20.8 Å². The Morgan fingerprint density at radius 3 is 2.24 bits per heavy atom. The van der Waals surface area contributed by atoms with E-state index in [0.29, 0.717) is 17.9 Å². The average molecular weight is 292 g/mol. The second kappa shape index (κ2) is 6.58. The summed E-state index contributed by atoms with van der Waals surface area (Å²) in [6.45, 7) is 10.7. The van der Waals surface area contributed by atoms with Gasteiger partial charge >= 0.3 is 0 Å². The first kappa shape index (κ1) is 16.0. The van der Waals surface area contributed by atoms with E-state index in [4.69, 9.17) is 5.84 Å². The first-order valence-corrected chi connectivity index (χ1v) is 7.84. The van der Waals surface area contributed by atoms with Crippen molar-refractivity contribution >= 4 is 11.6 Å². The first-order chi connectivity index (χ1) is 9.93. The van der Waals surface area contributed by atoms with Crippen LogP contribution in [0.1, 0.15) is 64.3 Å². The minimum atomic E-state index is 0.259. The molecule has 4 N–H and O–H groups in total. The van der Waals surface area contributed by atoms with E-state index in [0.717, 1.165) is 17.2 Å². The lowest BCUT2D eigenvalue weighted by Gasteiger charge is -2.39. The highest BCUT2D eigenvalue weighted by atomic mass is 15.5. The Morgan fingerprint density at radius 1 is 1.14 bits per heavy atom. The van der Waals surface area contributed by atoms with E-state index >= 15 is 0 Å². The molecule has 0 radical (unpaired) electrons. The second-order valence-electron chi connectivity index (χ2n) is 6.35. The van der Waals surface area contributed by atoms with Crippen LogP contribution in [-0.4, -0.2) is 27.1 Å². The van der Waals surface area contributed by atoms with Crippen molar-refractivity contribution in [3.63, 3.8) is 0 Å². The van der Waals surface area contributed by atoms with E-state index in [1.165, 1.54) is 19.3 Å². The van der Waals surface area contributed by atoms with Gasteiger partial charge in [-0.15, -0.1) is 0 Å². The third-order valence-corrected chi connectivity index (χ3v) is 4.24. The monoisotopic (exact) mass is 292 g/mol. The number of nitrogens with one attached hydrogen (secondary N) is 2. The SMILES string of the molecule is Cc1c(NN)nc(C(C)C)nc1NN1C(C)CCCC1C. The van der Waals surface area contributed by atoms with Crippen molar-refractivity contribution in [3.05, 3.63) is 11.4 Å². The van der Waals surface area contributed by atoms with Crippen molar-refractivity contribution in [2.45, 2.75) is 71.9 Å². The van der Waals surface area contributed by atoms with Crippen LogP contribution in [-0.2, 0) is 0 Å². The minimum absolute atomic E-state index is 0.259. The van der Waals surface area contributed by atoms with E-state index in [1.807, 2.05) is 6.92 Å². The zero-order valence-corrected chi connectivity index (χ0v) is 13.8. The molecule has 2 rings (SSSR count).